The van der Waals surface area contributed by atoms with Crippen LogP contribution in [0.5, 0.6) is 0 Å². The SMILES string of the molecule is CC(C)N1C(=O)O[C@H](c2ccncc2)[C@@H]1C. The number of aromatic nitrogens is 1. The molecule has 1 aliphatic heterocycles. The first-order valence-electron chi connectivity index (χ1n) is 5.50. The van der Waals surface area contributed by atoms with Crippen LogP contribution >= 0.6 is 0 Å². The highest BCUT2D eigenvalue weighted by Gasteiger charge is 2.40. The molecule has 86 valence electrons. The van der Waals surface area contributed by atoms with Crippen molar-refractivity contribution in [1.29, 1.82) is 0 Å². The van der Waals surface area contributed by atoms with E-state index in [0.717, 1.165) is 5.56 Å². The third-order valence-corrected chi connectivity index (χ3v) is 2.91. The Hall–Kier alpha value is -1.58. The zero-order chi connectivity index (χ0) is 11.7. The van der Waals surface area contributed by atoms with Crippen LogP contribution in [0.2, 0.25) is 0 Å². The molecule has 0 saturated carbocycles. The first-order valence-corrected chi connectivity index (χ1v) is 5.50. The van der Waals surface area contributed by atoms with Gasteiger partial charge in [0, 0.05) is 18.4 Å². The predicted octanol–water partition coefficient (Wildman–Crippen LogP) is 2.37. The van der Waals surface area contributed by atoms with E-state index in [1.165, 1.54) is 0 Å². The van der Waals surface area contributed by atoms with Crippen LogP contribution in [0.3, 0.4) is 0 Å². The molecule has 1 aromatic rings. The van der Waals surface area contributed by atoms with Crippen LogP contribution < -0.4 is 0 Å². The number of ether oxygens (including phenoxy) is 1. The second-order valence-electron chi connectivity index (χ2n) is 4.33. The van der Waals surface area contributed by atoms with Gasteiger partial charge in [0.05, 0.1) is 6.04 Å². The number of hydrogen-bond donors (Lipinski definition) is 0. The molecule has 1 amide bonds. The fraction of sp³-hybridized carbons (Fsp3) is 0.500. The van der Waals surface area contributed by atoms with Crippen molar-refractivity contribution in [1.82, 2.24) is 9.88 Å². The lowest BCUT2D eigenvalue weighted by Crippen LogP contribution is -2.37. The Labute approximate surface area is 95.2 Å². The molecule has 4 heteroatoms. The van der Waals surface area contributed by atoms with Gasteiger partial charge < -0.3 is 4.74 Å². The van der Waals surface area contributed by atoms with Gasteiger partial charge in [0.1, 0.15) is 6.10 Å². The van der Waals surface area contributed by atoms with E-state index in [1.54, 1.807) is 17.3 Å². The van der Waals surface area contributed by atoms with Crippen LogP contribution in [0.4, 0.5) is 4.79 Å². The summed E-state index contributed by atoms with van der Waals surface area (Å²) in [6.07, 6.45) is 3.02. The lowest BCUT2D eigenvalue weighted by atomic mass is 10.0. The first kappa shape index (κ1) is 10.9. The normalized spacial score (nSPS) is 25.0. The van der Waals surface area contributed by atoms with Crippen LogP contribution in [0, 0.1) is 0 Å². The zero-order valence-corrected chi connectivity index (χ0v) is 9.75. The summed E-state index contributed by atoms with van der Waals surface area (Å²) in [5, 5.41) is 0. The maximum Gasteiger partial charge on any atom is 0.411 e. The highest BCUT2D eigenvalue weighted by Crippen LogP contribution is 2.33. The van der Waals surface area contributed by atoms with Crippen molar-refractivity contribution in [3.05, 3.63) is 30.1 Å². The van der Waals surface area contributed by atoms with E-state index in [2.05, 4.69) is 4.98 Å². The Morgan fingerprint density at radius 2 is 2.00 bits per heavy atom. The van der Waals surface area contributed by atoms with Crippen molar-refractivity contribution < 1.29 is 9.53 Å². The quantitative estimate of drug-likeness (QED) is 0.768. The van der Waals surface area contributed by atoms with Gasteiger partial charge in [-0.2, -0.15) is 0 Å². The summed E-state index contributed by atoms with van der Waals surface area (Å²) in [5.41, 5.74) is 0.999. The standard InChI is InChI=1S/C12H16N2O2/c1-8(2)14-9(3)11(16-12(14)15)10-4-6-13-7-5-10/h4-9,11H,1-3H3/t9-,11-/m0/s1. The van der Waals surface area contributed by atoms with E-state index in [1.807, 2.05) is 32.9 Å². The average Bonchev–Trinajstić information content (AvgIpc) is 2.55. The van der Waals surface area contributed by atoms with Crippen LogP contribution in [-0.2, 0) is 4.74 Å². The molecule has 2 heterocycles. The van der Waals surface area contributed by atoms with Crippen molar-refractivity contribution in [2.75, 3.05) is 0 Å². The molecule has 4 nitrogen and oxygen atoms in total. The maximum atomic E-state index is 11.7. The van der Waals surface area contributed by atoms with E-state index in [-0.39, 0.29) is 24.3 Å². The number of cyclic esters (lactones) is 1. The molecule has 0 N–H and O–H groups in total. The lowest BCUT2D eigenvalue weighted by Gasteiger charge is -2.24. The van der Waals surface area contributed by atoms with Gasteiger partial charge in [-0.1, -0.05) is 0 Å². The molecule has 2 rings (SSSR count). The highest BCUT2D eigenvalue weighted by molar-refractivity contribution is 5.71. The summed E-state index contributed by atoms with van der Waals surface area (Å²) in [6.45, 7) is 6.00. The fourth-order valence-electron chi connectivity index (χ4n) is 2.16. The Bertz CT molecular complexity index is 378. The summed E-state index contributed by atoms with van der Waals surface area (Å²) in [4.78, 5) is 17.4. The topological polar surface area (TPSA) is 42.4 Å². The second kappa shape index (κ2) is 4.12. The van der Waals surface area contributed by atoms with Gasteiger partial charge in [-0.05, 0) is 38.5 Å². The third kappa shape index (κ3) is 1.75. The number of hydrogen-bond acceptors (Lipinski definition) is 3. The predicted molar refractivity (Wildman–Crippen MR) is 59.9 cm³/mol. The summed E-state index contributed by atoms with van der Waals surface area (Å²) in [6, 6.07) is 4.00. The van der Waals surface area contributed by atoms with Crippen molar-refractivity contribution in [2.24, 2.45) is 0 Å². The largest absolute Gasteiger partial charge is 0.439 e. The fourth-order valence-corrected chi connectivity index (χ4v) is 2.16. The maximum absolute atomic E-state index is 11.7. The average molecular weight is 220 g/mol. The van der Waals surface area contributed by atoms with Crippen LogP contribution in [-0.4, -0.2) is 28.1 Å². The molecule has 0 spiro atoms. The first-order chi connectivity index (χ1) is 7.61. The molecule has 0 unspecified atom stereocenters. The molecule has 0 radical (unpaired) electrons. The molecule has 0 aliphatic carbocycles. The van der Waals surface area contributed by atoms with E-state index in [0.29, 0.717) is 0 Å². The van der Waals surface area contributed by atoms with Gasteiger partial charge in [-0.25, -0.2) is 4.79 Å². The van der Waals surface area contributed by atoms with Crippen molar-refractivity contribution in [3.8, 4) is 0 Å². The summed E-state index contributed by atoms with van der Waals surface area (Å²) in [5.74, 6) is 0. The number of carbonyl (C=O) groups excluding carboxylic acids is 1. The summed E-state index contributed by atoms with van der Waals surface area (Å²) < 4.78 is 5.39. The van der Waals surface area contributed by atoms with Gasteiger partial charge in [0.2, 0.25) is 0 Å². The minimum Gasteiger partial charge on any atom is -0.439 e. The summed E-state index contributed by atoms with van der Waals surface area (Å²) in [7, 11) is 0. The van der Waals surface area contributed by atoms with Gasteiger partial charge in [-0.15, -0.1) is 0 Å². The van der Waals surface area contributed by atoms with E-state index >= 15 is 0 Å². The monoisotopic (exact) mass is 220 g/mol. The Kier molecular flexibility index (Phi) is 2.81. The van der Waals surface area contributed by atoms with Crippen molar-refractivity contribution >= 4 is 6.09 Å². The molecule has 1 fully saturated rings. The number of pyridine rings is 1. The van der Waals surface area contributed by atoms with Crippen LogP contribution in [0.25, 0.3) is 0 Å². The Morgan fingerprint density at radius 1 is 1.38 bits per heavy atom. The summed E-state index contributed by atoms with van der Waals surface area (Å²) >= 11 is 0. The zero-order valence-electron chi connectivity index (χ0n) is 9.75. The molecule has 1 saturated heterocycles. The van der Waals surface area contributed by atoms with Gasteiger partial charge in [0.25, 0.3) is 0 Å². The van der Waals surface area contributed by atoms with E-state index < -0.39 is 0 Å². The van der Waals surface area contributed by atoms with Crippen LogP contribution in [0.15, 0.2) is 24.5 Å². The van der Waals surface area contributed by atoms with Crippen molar-refractivity contribution in [3.63, 3.8) is 0 Å². The molecule has 1 aromatic heterocycles. The minimum absolute atomic E-state index is 0.0647. The molecular formula is C12H16N2O2. The Balaban J connectivity index is 2.24. The highest BCUT2D eigenvalue weighted by atomic mass is 16.6. The lowest BCUT2D eigenvalue weighted by molar-refractivity contribution is 0.129. The number of amides is 1. The molecule has 2 atom stereocenters. The van der Waals surface area contributed by atoms with Crippen molar-refractivity contribution in [2.45, 2.75) is 39.0 Å². The van der Waals surface area contributed by atoms with Crippen LogP contribution in [0.1, 0.15) is 32.4 Å². The smallest absolute Gasteiger partial charge is 0.411 e. The number of rotatable bonds is 2. The van der Waals surface area contributed by atoms with Gasteiger partial charge in [0.15, 0.2) is 0 Å². The van der Waals surface area contributed by atoms with Gasteiger partial charge in [-0.3, -0.25) is 9.88 Å². The number of nitrogens with zero attached hydrogens (tertiary/aromatic N) is 2. The number of carbonyl (C=O) groups is 1. The Morgan fingerprint density at radius 3 is 2.50 bits per heavy atom. The second-order valence-corrected chi connectivity index (χ2v) is 4.33. The molecule has 16 heavy (non-hydrogen) atoms. The molecule has 1 aliphatic rings. The molecule has 0 bridgehead atoms. The van der Waals surface area contributed by atoms with Gasteiger partial charge >= 0.3 is 6.09 Å². The van der Waals surface area contributed by atoms with E-state index in [9.17, 15) is 4.79 Å². The molecular weight excluding hydrogens is 204 g/mol. The van der Waals surface area contributed by atoms with E-state index in [4.69, 9.17) is 4.74 Å². The third-order valence-electron chi connectivity index (χ3n) is 2.91. The molecule has 0 aromatic carbocycles. The minimum atomic E-state index is -0.232.